The fourth-order valence-corrected chi connectivity index (χ4v) is 3.49. The number of benzene rings is 2. The Morgan fingerprint density at radius 3 is 2.39 bits per heavy atom. The van der Waals surface area contributed by atoms with E-state index >= 15 is 0 Å². The SMILES string of the molecule is COc1cc(OC)c(C2NCCc3cc(O)c(O)cc32)cc1Br. The number of ether oxygens (including phenoxy) is 2. The lowest BCUT2D eigenvalue weighted by molar-refractivity contribution is 0.383. The number of hydrogen-bond donors (Lipinski definition) is 3. The second kappa shape index (κ2) is 6.29. The largest absolute Gasteiger partial charge is 0.504 e. The topological polar surface area (TPSA) is 71.0 Å². The standard InChI is InChI=1S/C17H18BrNO4/c1-22-15-8-16(23-2)12(18)6-11(15)17-10-7-14(21)13(20)5-9(10)3-4-19-17/h5-8,17,19-21H,3-4H2,1-2H3. The summed E-state index contributed by atoms with van der Waals surface area (Å²) in [6.45, 7) is 0.773. The second-order valence-corrected chi connectivity index (χ2v) is 6.26. The zero-order chi connectivity index (χ0) is 16.6. The van der Waals surface area contributed by atoms with Crippen LogP contribution >= 0.6 is 15.9 Å². The first-order chi connectivity index (χ1) is 11.0. The summed E-state index contributed by atoms with van der Waals surface area (Å²) in [5.74, 6) is 1.18. The molecule has 23 heavy (non-hydrogen) atoms. The molecule has 0 radical (unpaired) electrons. The molecule has 1 atom stereocenters. The summed E-state index contributed by atoms with van der Waals surface area (Å²) < 4.78 is 11.7. The highest BCUT2D eigenvalue weighted by Crippen LogP contribution is 2.42. The van der Waals surface area contributed by atoms with Gasteiger partial charge in [0.15, 0.2) is 11.5 Å². The van der Waals surface area contributed by atoms with Gasteiger partial charge in [0, 0.05) is 18.2 Å². The first-order valence-electron chi connectivity index (χ1n) is 7.24. The molecule has 2 aromatic rings. The van der Waals surface area contributed by atoms with Crippen LogP contribution in [0.2, 0.25) is 0 Å². The van der Waals surface area contributed by atoms with Crippen molar-refractivity contribution in [3.05, 3.63) is 45.4 Å². The Bertz CT molecular complexity index is 748. The molecule has 0 amide bonds. The number of aromatic hydroxyl groups is 2. The third-order valence-corrected chi connectivity index (χ3v) is 4.73. The van der Waals surface area contributed by atoms with Crippen molar-refractivity contribution in [1.29, 1.82) is 0 Å². The van der Waals surface area contributed by atoms with Crippen molar-refractivity contribution in [1.82, 2.24) is 5.32 Å². The van der Waals surface area contributed by atoms with E-state index in [0.29, 0.717) is 11.5 Å². The Hall–Kier alpha value is -1.92. The summed E-state index contributed by atoms with van der Waals surface area (Å²) in [4.78, 5) is 0. The van der Waals surface area contributed by atoms with Gasteiger partial charge in [-0.05, 0) is 51.7 Å². The highest BCUT2D eigenvalue weighted by molar-refractivity contribution is 9.10. The van der Waals surface area contributed by atoms with E-state index in [4.69, 9.17) is 9.47 Å². The number of methoxy groups -OCH3 is 2. The number of nitrogens with one attached hydrogen (secondary N) is 1. The minimum atomic E-state index is -0.137. The summed E-state index contributed by atoms with van der Waals surface area (Å²) in [6.07, 6.45) is 0.791. The lowest BCUT2D eigenvalue weighted by Gasteiger charge is -2.29. The average molecular weight is 380 g/mol. The van der Waals surface area contributed by atoms with Gasteiger partial charge in [-0.3, -0.25) is 0 Å². The van der Waals surface area contributed by atoms with Crippen molar-refractivity contribution < 1.29 is 19.7 Å². The van der Waals surface area contributed by atoms with Crippen molar-refractivity contribution in [2.75, 3.05) is 20.8 Å². The molecule has 1 aliphatic heterocycles. The van der Waals surface area contributed by atoms with Crippen LogP contribution in [0.1, 0.15) is 22.7 Å². The van der Waals surface area contributed by atoms with Gasteiger partial charge >= 0.3 is 0 Å². The maximum absolute atomic E-state index is 9.86. The summed E-state index contributed by atoms with van der Waals surface area (Å²) in [6, 6.07) is 6.88. The fourth-order valence-electron chi connectivity index (χ4n) is 2.97. The predicted octanol–water partition coefficient (Wildman–Crippen LogP) is 3.11. The third kappa shape index (κ3) is 2.84. The number of rotatable bonds is 3. The van der Waals surface area contributed by atoms with Crippen LogP contribution < -0.4 is 14.8 Å². The molecule has 0 saturated heterocycles. The molecule has 1 unspecified atom stereocenters. The van der Waals surface area contributed by atoms with Crippen LogP contribution in [0.25, 0.3) is 0 Å². The quantitative estimate of drug-likeness (QED) is 0.714. The first-order valence-corrected chi connectivity index (χ1v) is 8.04. The molecular formula is C17H18BrNO4. The minimum Gasteiger partial charge on any atom is -0.504 e. The molecule has 0 bridgehead atoms. The van der Waals surface area contributed by atoms with Crippen LogP contribution in [0.5, 0.6) is 23.0 Å². The van der Waals surface area contributed by atoms with E-state index in [1.165, 1.54) is 0 Å². The van der Waals surface area contributed by atoms with Crippen molar-refractivity contribution >= 4 is 15.9 Å². The molecule has 6 heteroatoms. The minimum absolute atomic E-state index is 0.0905. The number of fused-ring (bicyclic) bond motifs is 1. The first kappa shape index (κ1) is 16.0. The Morgan fingerprint density at radius 1 is 1.00 bits per heavy atom. The molecule has 0 aromatic heterocycles. The van der Waals surface area contributed by atoms with Gasteiger partial charge in [0.2, 0.25) is 0 Å². The maximum atomic E-state index is 9.86. The highest BCUT2D eigenvalue weighted by Gasteiger charge is 2.26. The molecule has 5 nitrogen and oxygen atoms in total. The molecule has 1 aliphatic rings. The van der Waals surface area contributed by atoms with E-state index in [1.54, 1.807) is 26.4 Å². The monoisotopic (exact) mass is 379 g/mol. The van der Waals surface area contributed by atoms with Crippen LogP contribution in [0.3, 0.4) is 0 Å². The number of hydrogen-bond acceptors (Lipinski definition) is 5. The van der Waals surface area contributed by atoms with Gasteiger partial charge in [-0.15, -0.1) is 0 Å². The zero-order valence-electron chi connectivity index (χ0n) is 12.9. The third-order valence-electron chi connectivity index (χ3n) is 4.11. The number of phenols is 2. The molecule has 3 N–H and O–H groups in total. The fraction of sp³-hybridized carbons (Fsp3) is 0.294. The van der Waals surface area contributed by atoms with Gasteiger partial charge in [0.1, 0.15) is 11.5 Å². The van der Waals surface area contributed by atoms with Crippen LogP contribution in [0.4, 0.5) is 0 Å². The normalized spacial score (nSPS) is 16.7. The Morgan fingerprint density at radius 2 is 1.70 bits per heavy atom. The lowest BCUT2D eigenvalue weighted by atomic mass is 9.89. The van der Waals surface area contributed by atoms with Crippen molar-refractivity contribution in [2.45, 2.75) is 12.5 Å². The molecule has 0 aliphatic carbocycles. The lowest BCUT2D eigenvalue weighted by Crippen LogP contribution is -2.30. The molecule has 3 rings (SSSR count). The van der Waals surface area contributed by atoms with Crippen molar-refractivity contribution in [2.24, 2.45) is 0 Å². The summed E-state index contributed by atoms with van der Waals surface area (Å²) in [7, 11) is 3.22. The second-order valence-electron chi connectivity index (χ2n) is 5.41. The molecule has 0 fully saturated rings. The zero-order valence-corrected chi connectivity index (χ0v) is 14.5. The summed E-state index contributed by atoms with van der Waals surface area (Å²) in [5.41, 5.74) is 2.88. The van der Waals surface area contributed by atoms with E-state index < -0.39 is 0 Å². The van der Waals surface area contributed by atoms with E-state index in [1.807, 2.05) is 12.1 Å². The van der Waals surface area contributed by atoms with Crippen molar-refractivity contribution in [3.8, 4) is 23.0 Å². The van der Waals surface area contributed by atoms with E-state index in [9.17, 15) is 10.2 Å². The molecule has 122 valence electrons. The van der Waals surface area contributed by atoms with E-state index in [2.05, 4.69) is 21.2 Å². The van der Waals surface area contributed by atoms with Crippen LogP contribution in [-0.4, -0.2) is 31.0 Å². The Balaban J connectivity index is 2.14. The van der Waals surface area contributed by atoms with E-state index in [0.717, 1.165) is 34.1 Å². The summed E-state index contributed by atoms with van der Waals surface area (Å²) >= 11 is 3.51. The van der Waals surface area contributed by atoms with Gasteiger partial charge < -0.3 is 25.0 Å². The Labute approximate surface area is 143 Å². The van der Waals surface area contributed by atoms with Crippen LogP contribution in [0, 0.1) is 0 Å². The molecule has 0 spiro atoms. The Kier molecular flexibility index (Phi) is 4.37. The smallest absolute Gasteiger partial charge is 0.157 e. The van der Waals surface area contributed by atoms with Crippen LogP contribution in [0.15, 0.2) is 28.7 Å². The number of halogens is 1. The van der Waals surface area contributed by atoms with Gasteiger partial charge in [0.05, 0.1) is 24.7 Å². The summed E-state index contributed by atoms with van der Waals surface area (Å²) in [5, 5.41) is 23.0. The average Bonchev–Trinajstić information content (AvgIpc) is 2.55. The number of phenolic OH excluding ortho intramolecular Hbond substituents is 2. The van der Waals surface area contributed by atoms with E-state index in [-0.39, 0.29) is 17.5 Å². The van der Waals surface area contributed by atoms with Gasteiger partial charge in [-0.1, -0.05) is 0 Å². The maximum Gasteiger partial charge on any atom is 0.157 e. The van der Waals surface area contributed by atoms with Gasteiger partial charge in [-0.2, -0.15) is 0 Å². The van der Waals surface area contributed by atoms with Gasteiger partial charge in [-0.25, -0.2) is 0 Å². The highest BCUT2D eigenvalue weighted by atomic mass is 79.9. The molecule has 0 saturated carbocycles. The van der Waals surface area contributed by atoms with Crippen LogP contribution in [-0.2, 0) is 6.42 Å². The molecule has 1 heterocycles. The van der Waals surface area contributed by atoms with Crippen molar-refractivity contribution in [3.63, 3.8) is 0 Å². The molecular weight excluding hydrogens is 362 g/mol. The molecule has 2 aromatic carbocycles. The predicted molar refractivity (Wildman–Crippen MR) is 90.6 cm³/mol. The van der Waals surface area contributed by atoms with Gasteiger partial charge in [0.25, 0.3) is 0 Å².